The van der Waals surface area contributed by atoms with E-state index in [0.717, 1.165) is 0 Å². The van der Waals surface area contributed by atoms with Gasteiger partial charge in [-0.15, -0.1) is 24.8 Å². The maximum atomic E-state index is 2.69. The zero-order chi connectivity index (χ0) is 23.4. The van der Waals surface area contributed by atoms with Gasteiger partial charge in [-0.25, -0.2) is 0 Å². The van der Waals surface area contributed by atoms with E-state index < -0.39 is 20.4 Å². The molecule has 0 saturated carbocycles. The fourth-order valence-corrected chi connectivity index (χ4v) is 25.2. The number of fused-ring (bicyclic) bond motifs is 1. The summed E-state index contributed by atoms with van der Waals surface area (Å²) in [4.78, 5) is 0. The van der Waals surface area contributed by atoms with Gasteiger partial charge in [0.25, 0.3) is 0 Å². The van der Waals surface area contributed by atoms with Crippen molar-refractivity contribution in [1.29, 1.82) is 0 Å². The molecule has 2 aliphatic carbocycles. The summed E-state index contributed by atoms with van der Waals surface area (Å²) in [5, 5.41) is 0. The molecule has 0 nitrogen and oxygen atoms in total. The van der Waals surface area contributed by atoms with Crippen molar-refractivity contribution in [3.63, 3.8) is 0 Å². The van der Waals surface area contributed by atoms with Crippen LogP contribution >= 0.6 is 24.8 Å². The van der Waals surface area contributed by atoms with Crippen molar-refractivity contribution < 1.29 is 20.4 Å². The first-order valence-electron chi connectivity index (χ1n) is 12.0. The molecule has 0 fully saturated rings. The molecule has 0 aromatic heterocycles. The molecule has 182 valence electrons. The molecule has 2 aliphatic rings. The van der Waals surface area contributed by atoms with Gasteiger partial charge >= 0.3 is 205 Å². The van der Waals surface area contributed by atoms with E-state index in [4.69, 9.17) is 0 Å². The summed E-state index contributed by atoms with van der Waals surface area (Å²) < 4.78 is 2.57. The van der Waals surface area contributed by atoms with Crippen molar-refractivity contribution in [1.82, 2.24) is 0 Å². The zero-order valence-electron chi connectivity index (χ0n) is 22.2. The van der Waals surface area contributed by atoms with Crippen molar-refractivity contribution in [2.45, 2.75) is 70.6 Å². The third kappa shape index (κ3) is 5.22. The first-order valence-corrected chi connectivity index (χ1v) is 20.8. The van der Waals surface area contributed by atoms with Crippen LogP contribution in [0.5, 0.6) is 0 Å². The fourth-order valence-electron chi connectivity index (χ4n) is 5.55. The molecule has 4 heteroatoms. The Kier molecular flexibility index (Phi) is 9.71. The summed E-state index contributed by atoms with van der Waals surface area (Å²) in [6.45, 7) is 21.7. The molecule has 2 unspecified atom stereocenters. The molecule has 0 amide bonds. The first-order chi connectivity index (χ1) is 15.0. The van der Waals surface area contributed by atoms with Gasteiger partial charge in [0.05, 0.1) is 0 Å². The van der Waals surface area contributed by atoms with Crippen LogP contribution in [0.25, 0.3) is 5.57 Å². The predicted molar refractivity (Wildman–Crippen MR) is 154 cm³/mol. The van der Waals surface area contributed by atoms with Gasteiger partial charge in [0.2, 0.25) is 0 Å². The number of benzene rings is 2. The van der Waals surface area contributed by atoms with E-state index in [-0.39, 0.29) is 35.7 Å². The van der Waals surface area contributed by atoms with Gasteiger partial charge in [0, 0.05) is 0 Å². The average molecular weight is 591 g/mol. The number of hydrogen-bond donors (Lipinski definition) is 0. The molecule has 2 aromatic rings. The van der Waals surface area contributed by atoms with E-state index in [0.29, 0.717) is 9.54 Å². The predicted octanol–water partition coefficient (Wildman–Crippen LogP) is 9.44. The standard InChI is InChI=1S/C19H19.C9H13.C2H6Si.2ClH.Zr/c1-19(2,3)16-11-8-15(9-12-16)18-13-10-14-6-4-5-7-17(14)18;1-6-5-7(2)9(4)8(6)3;1-3-2;;;/h4-13H,1-3H3;6H,1-4H3;1-2H3;2*1H;. The molecule has 0 heterocycles. The normalized spacial score (nSPS) is 19.4. The van der Waals surface area contributed by atoms with Crippen LogP contribution in [0.4, 0.5) is 0 Å². The smallest absolute Gasteiger partial charge is 0.147 e. The number of allylic oxidation sites excluding steroid dienone is 5. The zero-order valence-corrected chi connectivity index (χ0v) is 27.3. The van der Waals surface area contributed by atoms with E-state index in [1.807, 2.05) is 3.28 Å². The van der Waals surface area contributed by atoms with Crippen LogP contribution in [0.15, 0.2) is 74.6 Å². The van der Waals surface area contributed by atoms with Crippen LogP contribution < -0.4 is 0 Å². The third-order valence-electron chi connectivity index (χ3n) is 7.76. The Morgan fingerprint density at radius 3 is 1.91 bits per heavy atom. The molecule has 34 heavy (non-hydrogen) atoms. The molecule has 0 aliphatic heterocycles. The molecule has 0 radical (unpaired) electrons. The topological polar surface area (TPSA) is 0 Å². The summed E-state index contributed by atoms with van der Waals surface area (Å²) in [6, 6.07) is 18.7. The van der Waals surface area contributed by atoms with Crippen LogP contribution in [-0.4, -0.2) is 5.43 Å². The fraction of sp³-hybridized carbons (Fsp3) is 0.400. The van der Waals surface area contributed by atoms with Crippen molar-refractivity contribution in [2.75, 3.05) is 0 Å². The molecule has 0 spiro atoms. The summed E-state index contributed by atoms with van der Waals surface area (Å²) in [6.07, 6.45) is 2.69. The second-order valence-electron chi connectivity index (χ2n) is 11.0. The third-order valence-corrected chi connectivity index (χ3v) is 26.3. The minimum Gasteiger partial charge on any atom is -0.147 e. The second kappa shape index (κ2) is 11.2. The van der Waals surface area contributed by atoms with Gasteiger partial charge in [-0.2, -0.15) is 0 Å². The Hall–Kier alpha value is -0.660. The van der Waals surface area contributed by atoms with Crippen LogP contribution in [0.2, 0.25) is 13.1 Å². The van der Waals surface area contributed by atoms with Crippen molar-refractivity contribution in [3.05, 3.63) is 96.9 Å². The molecule has 4 rings (SSSR count). The number of halogens is 2. The summed E-state index contributed by atoms with van der Waals surface area (Å²) in [5.41, 5.74) is 12.0. The van der Waals surface area contributed by atoms with Gasteiger partial charge in [-0.3, -0.25) is 0 Å². The largest absolute Gasteiger partial charge is 0.147 e. The maximum absolute atomic E-state index is 2.69. The van der Waals surface area contributed by atoms with Crippen molar-refractivity contribution >= 4 is 35.8 Å². The van der Waals surface area contributed by atoms with Gasteiger partial charge in [-0.05, 0) is 0 Å². The molecular formula is C30H40Cl2SiZr. The van der Waals surface area contributed by atoms with E-state index in [1.165, 1.54) is 22.3 Å². The molecule has 0 N–H and O–H groups in total. The second-order valence-corrected chi connectivity index (χ2v) is 28.4. The molecule has 2 aromatic carbocycles. The minimum absolute atomic E-state index is 0. The molecular weight excluding hydrogens is 551 g/mol. The number of hydrogen-bond acceptors (Lipinski definition) is 0. The Labute approximate surface area is 228 Å². The van der Waals surface area contributed by atoms with Gasteiger partial charge in [0.15, 0.2) is 0 Å². The van der Waals surface area contributed by atoms with Gasteiger partial charge in [0.1, 0.15) is 0 Å². The molecule has 0 bridgehead atoms. The van der Waals surface area contributed by atoms with Crippen molar-refractivity contribution in [2.24, 2.45) is 5.92 Å². The minimum atomic E-state index is -1.93. The maximum Gasteiger partial charge on any atom is -0.147 e. The summed E-state index contributed by atoms with van der Waals surface area (Å²) >= 11 is -1.93. The summed E-state index contributed by atoms with van der Waals surface area (Å²) in [7, 11) is 0. The Bertz CT molecular complexity index is 1200. The van der Waals surface area contributed by atoms with Crippen LogP contribution in [0, 0.1) is 5.92 Å². The van der Waals surface area contributed by atoms with Crippen LogP contribution in [-0.2, 0) is 25.8 Å². The molecule has 2 atom stereocenters. The Morgan fingerprint density at radius 1 is 0.824 bits per heavy atom. The van der Waals surface area contributed by atoms with Crippen LogP contribution in [0.3, 0.4) is 0 Å². The monoisotopic (exact) mass is 588 g/mol. The number of rotatable bonds is 3. The first kappa shape index (κ1) is 29.6. The Balaban J connectivity index is 0.00000204. The van der Waals surface area contributed by atoms with E-state index in [1.54, 1.807) is 22.3 Å². The molecule has 0 saturated heterocycles. The van der Waals surface area contributed by atoms with Crippen molar-refractivity contribution in [3.8, 4) is 0 Å². The van der Waals surface area contributed by atoms with E-state index in [2.05, 4.69) is 116 Å². The summed E-state index contributed by atoms with van der Waals surface area (Å²) in [5.74, 6) is 0.653. The quantitative estimate of drug-likeness (QED) is 0.312. The van der Waals surface area contributed by atoms with Gasteiger partial charge < -0.3 is 0 Å². The van der Waals surface area contributed by atoms with Gasteiger partial charge in [-0.1, -0.05) is 0 Å². The van der Waals surface area contributed by atoms with E-state index in [9.17, 15) is 0 Å². The average Bonchev–Trinajstić information content (AvgIpc) is 3.21. The van der Waals surface area contributed by atoms with Crippen LogP contribution in [0.1, 0.15) is 74.3 Å². The Morgan fingerprint density at radius 2 is 1.41 bits per heavy atom. The SMILES string of the molecule is CC1=C(C)C(C)[C]([Zr]([CH]2C=C(c3ccc(C(C)(C)C)cc3)c3ccccc32)=[Si](C)C)=C1C.Cl.Cl. The van der Waals surface area contributed by atoms with E-state index >= 15 is 0 Å².